The Labute approximate surface area is 130 Å². The molecule has 1 aromatic heterocycles. The van der Waals surface area contributed by atoms with Gasteiger partial charge >= 0.3 is 0 Å². The molecule has 1 aliphatic carbocycles. The van der Waals surface area contributed by atoms with Crippen molar-refractivity contribution in [2.45, 2.75) is 44.4 Å². The first-order chi connectivity index (χ1) is 10.3. The maximum absolute atomic E-state index is 13.7. The third kappa shape index (κ3) is 4.34. The minimum Gasteiger partial charge on any atom is -0.315 e. The first kappa shape index (κ1) is 15.1. The lowest BCUT2D eigenvalue weighted by molar-refractivity contribution is 0.227. The minimum absolute atomic E-state index is 0.308. The zero-order chi connectivity index (χ0) is 14.5. The van der Waals surface area contributed by atoms with Crippen molar-refractivity contribution in [1.82, 2.24) is 15.2 Å². The molecule has 0 amide bonds. The van der Waals surface area contributed by atoms with Crippen molar-refractivity contribution >= 4 is 11.3 Å². The highest BCUT2D eigenvalue weighted by molar-refractivity contribution is 7.09. The molecule has 5 heteroatoms. The van der Waals surface area contributed by atoms with E-state index in [0.717, 1.165) is 30.6 Å². The van der Waals surface area contributed by atoms with Gasteiger partial charge in [0.05, 0.1) is 6.54 Å². The van der Waals surface area contributed by atoms with E-state index in [4.69, 9.17) is 0 Å². The van der Waals surface area contributed by atoms with Crippen molar-refractivity contribution in [3.05, 3.63) is 28.7 Å². The maximum Gasteiger partial charge on any atom is 0.114 e. The predicted octanol–water partition coefficient (Wildman–Crippen LogP) is 3.00. The molecule has 1 N–H and O–H groups in total. The first-order valence-corrected chi connectivity index (χ1v) is 8.81. The SMILES string of the molecule is F[C@H]1C[C@@H](CNC[C@H]2CC=CCC2)N(Cc2nccs2)C1. The summed E-state index contributed by atoms with van der Waals surface area (Å²) in [4.78, 5) is 6.57. The van der Waals surface area contributed by atoms with Gasteiger partial charge < -0.3 is 5.32 Å². The van der Waals surface area contributed by atoms with Crippen molar-refractivity contribution in [3.63, 3.8) is 0 Å². The van der Waals surface area contributed by atoms with Crippen LogP contribution in [0.15, 0.2) is 23.7 Å². The summed E-state index contributed by atoms with van der Waals surface area (Å²) in [7, 11) is 0. The lowest BCUT2D eigenvalue weighted by atomic mass is 9.94. The van der Waals surface area contributed by atoms with Crippen LogP contribution in [0.2, 0.25) is 0 Å². The van der Waals surface area contributed by atoms with Crippen LogP contribution >= 0.6 is 11.3 Å². The number of rotatable bonds is 6. The highest BCUT2D eigenvalue weighted by Crippen LogP contribution is 2.23. The summed E-state index contributed by atoms with van der Waals surface area (Å²) < 4.78 is 13.7. The van der Waals surface area contributed by atoms with Crippen LogP contribution < -0.4 is 5.32 Å². The van der Waals surface area contributed by atoms with E-state index in [-0.39, 0.29) is 0 Å². The molecular formula is C16H24FN3S. The smallest absolute Gasteiger partial charge is 0.114 e. The standard InChI is InChI=1S/C16H24FN3S/c17-14-8-15(10-18-9-13-4-2-1-3-5-13)20(11-14)12-16-19-6-7-21-16/h1-2,6-7,13-15,18H,3-5,8-12H2/t13-,14-,15-/m0/s1. The van der Waals surface area contributed by atoms with Crippen LogP contribution in [-0.4, -0.2) is 41.7 Å². The largest absolute Gasteiger partial charge is 0.315 e. The molecule has 2 aliphatic rings. The summed E-state index contributed by atoms with van der Waals surface area (Å²) in [5.74, 6) is 0.755. The zero-order valence-corrected chi connectivity index (χ0v) is 13.2. The van der Waals surface area contributed by atoms with Crippen molar-refractivity contribution in [2.75, 3.05) is 19.6 Å². The fourth-order valence-electron chi connectivity index (χ4n) is 3.33. The Kier molecular flexibility index (Phi) is 5.38. The van der Waals surface area contributed by atoms with Crippen LogP contribution in [0, 0.1) is 5.92 Å². The number of allylic oxidation sites excluding steroid dienone is 2. The second-order valence-corrected chi connectivity index (χ2v) is 7.13. The number of alkyl halides is 1. The van der Waals surface area contributed by atoms with Crippen LogP contribution in [-0.2, 0) is 6.54 Å². The van der Waals surface area contributed by atoms with Crippen LogP contribution in [0.1, 0.15) is 30.7 Å². The molecule has 3 rings (SSSR count). The highest BCUT2D eigenvalue weighted by atomic mass is 32.1. The van der Waals surface area contributed by atoms with Gasteiger partial charge in [-0.25, -0.2) is 9.37 Å². The number of nitrogens with zero attached hydrogens (tertiary/aromatic N) is 2. The number of halogens is 1. The topological polar surface area (TPSA) is 28.2 Å². The molecule has 0 radical (unpaired) electrons. The van der Waals surface area contributed by atoms with E-state index in [1.165, 1.54) is 19.3 Å². The number of aromatic nitrogens is 1. The summed E-state index contributed by atoms with van der Waals surface area (Å²) in [6.07, 6.45) is 10.0. The molecule has 0 aromatic carbocycles. The zero-order valence-electron chi connectivity index (χ0n) is 12.4. The normalized spacial score (nSPS) is 30.0. The minimum atomic E-state index is -0.686. The predicted molar refractivity (Wildman–Crippen MR) is 85.2 cm³/mol. The molecule has 0 saturated carbocycles. The van der Waals surface area contributed by atoms with Gasteiger partial charge in [-0.05, 0) is 38.1 Å². The molecule has 116 valence electrons. The van der Waals surface area contributed by atoms with E-state index < -0.39 is 6.17 Å². The fourth-order valence-corrected chi connectivity index (χ4v) is 3.97. The third-order valence-electron chi connectivity index (χ3n) is 4.49. The summed E-state index contributed by atoms with van der Waals surface area (Å²) >= 11 is 1.66. The van der Waals surface area contributed by atoms with Crippen LogP contribution in [0.4, 0.5) is 4.39 Å². The van der Waals surface area contributed by atoms with Crippen molar-refractivity contribution < 1.29 is 4.39 Å². The number of nitrogens with one attached hydrogen (secondary N) is 1. The molecule has 1 saturated heterocycles. The summed E-state index contributed by atoms with van der Waals surface area (Å²) in [6, 6.07) is 0.308. The fraction of sp³-hybridized carbons (Fsp3) is 0.688. The van der Waals surface area contributed by atoms with E-state index in [1.54, 1.807) is 11.3 Å². The van der Waals surface area contributed by atoms with E-state index in [0.29, 0.717) is 19.0 Å². The summed E-state index contributed by atoms with van der Waals surface area (Å²) in [6.45, 7) is 3.30. The van der Waals surface area contributed by atoms with Crippen LogP contribution in [0.3, 0.4) is 0 Å². The molecule has 3 atom stereocenters. The molecular weight excluding hydrogens is 285 g/mol. The van der Waals surface area contributed by atoms with Crippen LogP contribution in [0.25, 0.3) is 0 Å². The Morgan fingerprint density at radius 3 is 3.10 bits per heavy atom. The van der Waals surface area contributed by atoms with E-state index in [9.17, 15) is 4.39 Å². The lowest BCUT2D eigenvalue weighted by Gasteiger charge is -2.25. The Bertz CT molecular complexity index is 448. The molecule has 1 fully saturated rings. The molecule has 3 nitrogen and oxygen atoms in total. The second kappa shape index (κ2) is 7.47. The molecule has 2 heterocycles. The third-order valence-corrected chi connectivity index (χ3v) is 5.25. The lowest BCUT2D eigenvalue weighted by Crippen LogP contribution is -2.39. The summed E-state index contributed by atoms with van der Waals surface area (Å²) in [5, 5.41) is 6.65. The monoisotopic (exact) mass is 309 g/mol. The highest BCUT2D eigenvalue weighted by Gasteiger charge is 2.32. The van der Waals surface area contributed by atoms with Gasteiger partial charge in [0.1, 0.15) is 11.2 Å². The van der Waals surface area contributed by atoms with Crippen molar-refractivity contribution in [3.8, 4) is 0 Å². The molecule has 1 aliphatic heterocycles. The van der Waals surface area contributed by atoms with Gasteiger partial charge in [-0.15, -0.1) is 11.3 Å². The van der Waals surface area contributed by atoms with Gasteiger partial charge in [-0.1, -0.05) is 12.2 Å². The molecule has 0 spiro atoms. The number of hydrogen-bond acceptors (Lipinski definition) is 4. The van der Waals surface area contributed by atoms with Gasteiger partial charge in [-0.3, -0.25) is 4.90 Å². The average Bonchev–Trinajstić information content (AvgIpc) is 3.11. The Morgan fingerprint density at radius 1 is 1.38 bits per heavy atom. The Balaban J connectivity index is 1.45. The molecule has 0 unspecified atom stereocenters. The maximum atomic E-state index is 13.7. The van der Waals surface area contributed by atoms with Gasteiger partial charge in [-0.2, -0.15) is 0 Å². The first-order valence-electron chi connectivity index (χ1n) is 7.93. The van der Waals surface area contributed by atoms with E-state index in [2.05, 4.69) is 27.4 Å². The molecule has 0 bridgehead atoms. The van der Waals surface area contributed by atoms with E-state index in [1.807, 2.05) is 11.6 Å². The average molecular weight is 309 g/mol. The number of hydrogen-bond donors (Lipinski definition) is 1. The number of thiazole rings is 1. The molecule has 1 aromatic rings. The Morgan fingerprint density at radius 2 is 2.33 bits per heavy atom. The number of likely N-dealkylation sites (tertiary alicyclic amines) is 1. The second-order valence-electron chi connectivity index (χ2n) is 6.15. The van der Waals surface area contributed by atoms with Gasteiger partial charge in [0.2, 0.25) is 0 Å². The van der Waals surface area contributed by atoms with Gasteiger partial charge in [0.15, 0.2) is 0 Å². The van der Waals surface area contributed by atoms with Crippen molar-refractivity contribution in [2.24, 2.45) is 5.92 Å². The van der Waals surface area contributed by atoms with E-state index >= 15 is 0 Å². The molecule has 21 heavy (non-hydrogen) atoms. The van der Waals surface area contributed by atoms with Gasteiger partial charge in [0, 0.05) is 30.7 Å². The van der Waals surface area contributed by atoms with Crippen molar-refractivity contribution in [1.29, 1.82) is 0 Å². The van der Waals surface area contributed by atoms with Crippen LogP contribution in [0.5, 0.6) is 0 Å². The van der Waals surface area contributed by atoms with Gasteiger partial charge in [0.25, 0.3) is 0 Å². The summed E-state index contributed by atoms with van der Waals surface area (Å²) in [5.41, 5.74) is 0. The quantitative estimate of drug-likeness (QED) is 0.819. The Hall–Kier alpha value is -0.780.